The summed E-state index contributed by atoms with van der Waals surface area (Å²) in [6.07, 6.45) is -5.64. The number of ether oxygens (including phenoxy) is 3. The molecule has 1 N–H and O–H groups in total. The highest BCUT2D eigenvalue weighted by molar-refractivity contribution is 9.10. The van der Waals surface area contributed by atoms with E-state index < -0.39 is 29.5 Å². The zero-order chi connectivity index (χ0) is 23.6. The standard InChI is InChI=1S/C21H26BrF3N2O4/c1-11(2)30-16-9-13(21(23,24)25)17-15(27-16)8-7-14(22)18(17)29-10-12(3)26-19(28)31-20(4,5)6/h7-9,11-12H,10H2,1-6H3,(H,26,28)/t12-/m1/s1. The Hall–Kier alpha value is -2.23. The monoisotopic (exact) mass is 506 g/mol. The lowest BCUT2D eigenvalue weighted by atomic mass is 10.1. The van der Waals surface area contributed by atoms with Gasteiger partial charge in [-0.15, -0.1) is 0 Å². The Morgan fingerprint density at radius 3 is 2.39 bits per heavy atom. The summed E-state index contributed by atoms with van der Waals surface area (Å²) in [6, 6.07) is 3.35. The van der Waals surface area contributed by atoms with Crippen molar-refractivity contribution in [3.63, 3.8) is 0 Å². The predicted molar refractivity (Wildman–Crippen MR) is 115 cm³/mol. The van der Waals surface area contributed by atoms with Crippen LogP contribution in [0.4, 0.5) is 18.0 Å². The molecule has 10 heteroatoms. The smallest absolute Gasteiger partial charge is 0.417 e. The van der Waals surface area contributed by atoms with E-state index in [1.807, 2.05) is 0 Å². The molecular weight excluding hydrogens is 481 g/mol. The molecule has 1 heterocycles. The van der Waals surface area contributed by atoms with E-state index in [0.29, 0.717) is 4.47 Å². The maximum absolute atomic E-state index is 13.8. The number of benzene rings is 1. The largest absolute Gasteiger partial charge is 0.490 e. The molecule has 1 aromatic heterocycles. The molecule has 0 unspecified atom stereocenters. The molecule has 1 atom stereocenters. The summed E-state index contributed by atoms with van der Waals surface area (Å²) in [5, 5.41) is 2.40. The second-order valence-electron chi connectivity index (χ2n) is 8.30. The number of nitrogens with zero attached hydrogens (tertiary/aromatic N) is 1. The third kappa shape index (κ3) is 7.15. The third-order valence-electron chi connectivity index (χ3n) is 3.76. The molecule has 0 aliphatic rings. The minimum absolute atomic E-state index is 0.0220. The summed E-state index contributed by atoms with van der Waals surface area (Å²) in [5.74, 6) is -0.144. The summed E-state index contributed by atoms with van der Waals surface area (Å²) in [5.41, 5.74) is -1.51. The van der Waals surface area contributed by atoms with E-state index in [-0.39, 0.29) is 35.2 Å². The van der Waals surface area contributed by atoms with Crippen molar-refractivity contribution in [3.05, 3.63) is 28.2 Å². The lowest BCUT2D eigenvalue weighted by molar-refractivity contribution is -0.136. The first-order valence-corrected chi connectivity index (χ1v) is 10.5. The van der Waals surface area contributed by atoms with Crippen LogP contribution in [0.1, 0.15) is 47.1 Å². The lowest BCUT2D eigenvalue weighted by Gasteiger charge is -2.23. The van der Waals surface area contributed by atoms with Gasteiger partial charge in [0.2, 0.25) is 5.88 Å². The van der Waals surface area contributed by atoms with Crippen molar-refractivity contribution in [2.24, 2.45) is 0 Å². The van der Waals surface area contributed by atoms with Crippen molar-refractivity contribution in [1.82, 2.24) is 10.3 Å². The number of nitrogens with one attached hydrogen (secondary N) is 1. The molecule has 6 nitrogen and oxygen atoms in total. The highest BCUT2D eigenvalue weighted by atomic mass is 79.9. The second kappa shape index (κ2) is 9.50. The average Bonchev–Trinajstić information content (AvgIpc) is 2.57. The SMILES string of the molecule is CC(C)Oc1cc(C(F)(F)F)c2c(OC[C@@H](C)NC(=O)OC(C)(C)C)c(Br)ccc2n1. The van der Waals surface area contributed by atoms with Crippen molar-refractivity contribution >= 4 is 32.9 Å². The van der Waals surface area contributed by atoms with E-state index in [2.05, 4.69) is 26.2 Å². The topological polar surface area (TPSA) is 69.7 Å². The van der Waals surface area contributed by atoms with Crippen molar-refractivity contribution in [3.8, 4) is 11.6 Å². The molecular formula is C21H26BrF3N2O4. The molecule has 1 aromatic carbocycles. The van der Waals surface area contributed by atoms with Crippen LogP contribution in [0.15, 0.2) is 22.7 Å². The maximum atomic E-state index is 13.8. The van der Waals surface area contributed by atoms with Crippen LogP contribution >= 0.6 is 15.9 Å². The van der Waals surface area contributed by atoms with Gasteiger partial charge in [-0.3, -0.25) is 0 Å². The number of hydrogen-bond donors (Lipinski definition) is 1. The van der Waals surface area contributed by atoms with Gasteiger partial charge in [0.05, 0.1) is 33.1 Å². The average molecular weight is 507 g/mol. The highest BCUT2D eigenvalue weighted by Crippen LogP contribution is 2.43. The zero-order valence-corrected chi connectivity index (χ0v) is 19.8. The quantitative estimate of drug-likeness (QED) is 0.512. The zero-order valence-electron chi connectivity index (χ0n) is 18.2. The molecule has 0 bridgehead atoms. The molecule has 2 aromatic rings. The molecule has 0 saturated heterocycles. The van der Waals surface area contributed by atoms with Crippen molar-refractivity contribution in [2.75, 3.05) is 6.61 Å². The van der Waals surface area contributed by atoms with Crippen molar-refractivity contribution < 1.29 is 32.2 Å². The van der Waals surface area contributed by atoms with Gasteiger partial charge in [0.15, 0.2) is 0 Å². The Bertz CT molecular complexity index is 943. The Morgan fingerprint density at radius 2 is 1.84 bits per heavy atom. The van der Waals surface area contributed by atoms with Gasteiger partial charge in [-0.25, -0.2) is 9.78 Å². The van der Waals surface area contributed by atoms with E-state index >= 15 is 0 Å². The van der Waals surface area contributed by atoms with Crippen LogP contribution in [0.25, 0.3) is 10.9 Å². The van der Waals surface area contributed by atoms with Gasteiger partial charge < -0.3 is 19.5 Å². The molecule has 0 fully saturated rings. The first-order valence-electron chi connectivity index (χ1n) is 9.67. The minimum Gasteiger partial charge on any atom is -0.490 e. The molecule has 2 rings (SSSR count). The van der Waals surface area contributed by atoms with Crippen LogP contribution in [0, 0.1) is 0 Å². The first kappa shape index (κ1) is 25.0. The number of halogens is 4. The second-order valence-corrected chi connectivity index (χ2v) is 9.16. The van der Waals surface area contributed by atoms with Gasteiger partial charge in [-0.2, -0.15) is 13.2 Å². The van der Waals surface area contributed by atoms with Gasteiger partial charge in [-0.05, 0) is 69.6 Å². The maximum Gasteiger partial charge on any atom is 0.417 e. The summed E-state index contributed by atoms with van der Waals surface area (Å²) in [7, 11) is 0. The molecule has 31 heavy (non-hydrogen) atoms. The number of alkyl halides is 3. The molecule has 0 spiro atoms. The Balaban J connectivity index is 2.37. The molecule has 0 aliphatic heterocycles. The molecule has 0 saturated carbocycles. The van der Waals surface area contributed by atoms with Gasteiger partial charge in [0.1, 0.15) is 18.0 Å². The number of amides is 1. The normalized spacial score (nSPS) is 13.3. The number of alkyl carbamates (subject to hydrolysis) is 1. The van der Waals surface area contributed by atoms with E-state index in [1.54, 1.807) is 47.6 Å². The van der Waals surface area contributed by atoms with E-state index in [1.165, 1.54) is 6.07 Å². The summed E-state index contributed by atoms with van der Waals surface area (Å²) in [6.45, 7) is 10.2. The molecule has 1 amide bonds. The summed E-state index contributed by atoms with van der Waals surface area (Å²) < 4.78 is 58.1. The number of carbonyl (C=O) groups is 1. The Kier molecular flexibility index (Phi) is 7.67. The van der Waals surface area contributed by atoms with E-state index in [0.717, 1.165) is 6.07 Å². The molecule has 0 aliphatic carbocycles. The van der Waals surface area contributed by atoms with Gasteiger partial charge >= 0.3 is 12.3 Å². The van der Waals surface area contributed by atoms with Crippen molar-refractivity contribution in [2.45, 2.75) is 65.5 Å². The van der Waals surface area contributed by atoms with Gasteiger partial charge in [0.25, 0.3) is 0 Å². The predicted octanol–water partition coefficient (Wildman–Crippen LogP) is 6.10. The Morgan fingerprint density at radius 1 is 1.19 bits per heavy atom. The summed E-state index contributed by atoms with van der Waals surface area (Å²) >= 11 is 3.25. The van der Waals surface area contributed by atoms with Crippen LogP contribution in [0.2, 0.25) is 0 Å². The van der Waals surface area contributed by atoms with Crippen LogP contribution in [-0.2, 0) is 10.9 Å². The van der Waals surface area contributed by atoms with E-state index in [4.69, 9.17) is 14.2 Å². The number of carbonyl (C=O) groups excluding carboxylic acids is 1. The van der Waals surface area contributed by atoms with Crippen molar-refractivity contribution in [1.29, 1.82) is 0 Å². The molecule has 0 radical (unpaired) electrons. The fraction of sp³-hybridized carbons (Fsp3) is 0.524. The van der Waals surface area contributed by atoms with Crippen LogP contribution in [0.3, 0.4) is 0 Å². The van der Waals surface area contributed by atoms with Crippen LogP contribution in [-0.4, -0.2) is 35.4 Å². The molecule has 172 valence electrons. The van der Waals surface area contributed by atoms with Gasteiger partial charge in [-0.1, -0.05) is 0 Å². The number of rotatable bonds is 6. The fourth-order valence-electron chi connectivity index (χ4n) is 2.67. The van der Waals surface area contributed by atoms with Gasteiger partial charge in [0, 0.05) is 6.07 Å². The highest BCUT2D eigenvalue weighted by Gasteiger charge is 2.36. The minimum atomic E-state index is -4.66. The Labute approximate surface area is 187 Å². The number of hydrogen-bond acceptors (Lipinski definition) is 5. The van der Waals surface area contributed by atoms with Crippen LogP contribution < -0.4 is 14.8 Å². The lowest BCUT2D eigenvalue weighted by Crippen LogP contribution is -2.40. The number of pyridine rings is 1. The van der Waals surface area contributed by atoms with E-state index in [9.17, 15) is 18.0 Å². The first-order chi connectivity index (χ1) is 14.2. The van der Waals surface area contributed by atoms with Crippen LogP contribution in [0.5, 0.6) is 11.6 Å². The third-order valence-corrected chi connectivity index (χ3v) is 4.38. The fourth-order valence-corrected chi connectivity index (χ4v) is 3.12. The number of aromatic nitrogens is 1. The number of fused-ring (bicyclic) bond motifs is 1. The summed E-state index contributed by atoms with van der Waals surface area (Å²) in [4.78, 5) is 16.1.